The van der Waals surface area contributed by atoms with E-state index in [4.69, 9.17) is 0 Å². The molecule has 0 radical (unpaired) electrons. The Morgan fingerprint density at radius 3 is 2.05 bits per heavy atom. The maximum Gasteiger partial charge on any atom is 0.123 e. The van der Waals surface area contributed by atoms with Crippen LogP contribution in [0.1, 0.15) is 37.1 Å². The fourth-order valence-corrected chi connectivity index (χ4v) is 2.09. The number of nitrogens with one attached hydrogen (secondary N) is 1. The number of hydrogen-bond acceptors (Lipinski definition) is 1. The monoisotopic (exact) mass is 261 g/mol. The first-order valence-electron chi connectivity index (χ1n) is 6.33. The highest BCUT2D eigenvalue weighted by Crippen LogP contribution is 2.20. The lowest BCUT2D eigenvalue weighted by Crippen LogP contribution is -2.22. The van der Waals surface area contributed by atoms with Gasteiger partial charge in [-0.15, -0.1) is 0 Å². The molecule has 0 spiro atoms. The third-order valence-corrected chi connectivity index (χ3v) is 3.22. The highest BCUT2D eigenvalue weighted by Gasteiger charge is 2.11. The summed E-state index contributed by atoms with van der Waals surface area (Å²) in [6, 6.07) is 13.0. The molecule has 1 nitrogen and oxygen atoms in total. The summed E-state index contributed by atoms with van der Waals surface area (Å²) in [5, 5.41) is 3.37. The van der Waals surface area contributed by atoms with Crippen molar-refractivity contribution in [3.05, 3.63) is 71.3 Å². The van der Waals surface area contributed by atoms with Gasteiger partial charge < -0.3 is 5.32 Å². The van der Waals surface area contributed by atoms with Crippen LogP contribution >= 0.6 is 0 Å². The molecule has 0 aliphatic carbocycles. The van der Waals surface area contributed by atoms with Crippen molar-refractivity contribution in [2.75, 3.05) is 0 Å². The first kappa shape index (κ1) is 13.7. The van der Waals surface area contributed by atoms with E-state index in [1.54, 1.807) is 18.2 Å². The molecule has 2 aromatic carbocycles. The quantitative estimate of drug-likeness (QED) is 0.861. The topological polar surface area (TPSA) is 12.0 Å². The minimum absolute atomic E-state index is 0.0238. The van der Waals surface area contributed by atoms with Gasteiger partial charge >= 0.3 is 0 Å². The molecule has 2 atom stereocenters. The first-order chi connectivity index (χ1) is 9.06. The van der Waals surface area contributed by atoms with E-state index in [0.29, 0.717) is 0 Å². The van der Waals surface area contributed by atoms with Crippen molar-refractivity contribution in [1.29, 1.82) is 0 Å². The molecule has 0 saturated heterocycles. The minimum atomic E-state index is -0.242. The molecule has 0 saturated carbocycles. The van der Waals surface area contributed by atoms with Crippen molar-refractivity contribution in [2.24, 2.45) is 0 Å². The van der Waals surface area contributed by atoms with Gasteiger partial charge in [-0.1, -0.05) is 24.3 Å². The smallest absolute Gasteiger partial charge is 0.123 e. The summed E-state index contributed by atoms with van der Waals surface area (Å²) in [7, 11) is 0. The molecule has 0 aromatic heterocycles. The third kappa shape index (κ3) is 3.61. The molecule has 19 heavy (non-hydrogen) atoms. The van der Waals surface area contributed by atoms with E-state index in [2.05, 4.69) is 5.32 Å². The van der Waals surface area contributed by atoms with Gasteiger partial charge in [0.15, 0.2) is 0 Å². The van der Waals surface area contributed by atoms with E-state index in [1.165, 1.54) is 24.3 Å². The van der Waals surface area contributed by atoms with E-state index in [0.717, 1.165) is 11.1 Å². The van der Waals surface area contributed by atoms with Gasteiger partial charge in [0.05, 0.1) is 0 Å². The number of benzene rings is 2. The Bertz CT molecular complexity index is 537. The summed E-state index contributed by atoms with van der Waals surface area (Å²) in [4.78, 5) is 0. The Morgan fingerprint density at radius 2 is 1.42 bits per heavy atom. The molecule has 2 aromatic rings. The van der Waals surface area contributed by atoms with Crippen LogP contribution in [0.3, 0.4) is 0 Å². The van der Waals surface area contributed by atoms with Crippen LogP contribution in [0.15, 0.2) is 48.5 Å². The lowest BCUT2D eigenvalue weighted by Gasteiger charge is -2.20. The van der Waals surface area contributed by atoms with Crippen molar-refractivity contribution in [3.8, 4) is 0 Å². The van der Waals surface area contributed by atoms with Gasteiger partial charge in [-0.25, -0.2) is 8.78 Å². The molecule has 0 fully saturated rings. The highest BCUT2D eigenvalue weighted by molar-refractivity contribution is 5.22. The van der Waals surface area contributed by atoms with Crippen LogP contribution in [0.5, 0.6) is 0 Å². The first-order valence-corrected chi connectivity index (χ1v) is 6.33. The summed E-state index contributed by atoms with van der Waals surface area (Å²) in [5.74, 6) is -0.477. The lowest BCUT2D eigenvalue weighted by molar-refractivity contribution is 0.491. The molecule has 0 aliphatic heterocycles. The summed E-state index contributed by atoms with van der Waals surface area (Å²) >= 11 is 0. The van der Waals surface area contributed by atoms with Crippen LogP contribution in [-0.4, -0.2) is 0 Å². The molecule has 0 heterocycles. The standard InChI is InChI=1S/C16H17F2N/c1-11(13-6-8-15(17)9-7-13)19-12(2)14-4-3-5-16(18)10-14/h3-12,19H,1-2H3/t11-,12?/m0/s1. The molecular weight excluding hydrogens is 244 g/mol. The number of halogens is 2. The minimum Gasteiger partial charge on any atom is -0.304 e. The molecule has 3 heteroatoms. The van der Waals surface area contributed by atoms with Crippen molar-refractivity contribution < 1.29 is 8.78 Å². The average molecular weight is 261 g/mol. The highest BCUT2D eigenvalue weighted by atomic mass is 19.1. The van der Waals surface area contributed by atoms with E-state index in [-0.39, 0.29) is 23.7 Å². The van der Waals surface area contributed by atoms with E-state index < -0.39 is 0 Å². The summed E-state index contributed by atoms with van der Waals surface area (Å²) in [6.45, 7) is 3.98. The fourth-order valence-electron chi connectivity index (χ4n) is 2.09. The van der Waals surface area contributed by atoms with Crippen LogP contribution in [-0.2, 0) is 0 Å². The van der Waals surface area contributed by atoms with Crippen molar-refractivity contribution in [2.45, 2.75) is 25.9 Å². The van der Waals surface area contributed by atoms with Gasteiger partial charge in [0, 0.05) is 12.1 Å². The molecular formula is C16H17F2N. The maximum atomic E-state index is 13.2. The van der Waals surface area contributed by atoms with Crippen molar-refractivity contribution in [3.63, 3.8) is 0 Å². The molecule has 100 valence electrons. The molecule has 0 amide bonds. The third-order valence-electron chi connectivity index (χ3n) is 3.22. The second-order valence-corrected chi connectivity index (χ2v) is 4.72. The predicted molar refractivity (Wildman–Crippen MR) is 72.8 cm³/mol. The van der Waals surface area contributed by atoms with Crippen LogP contribution in [0.25, 0.3) is 0 Å². The Kier molecular flexibility index (Phi) is 4.27. The molecule has 1 unspecified atom stereocenters. The Morgan fingerprint density at radius 1 is 0.789 bits per heavy atom. The largest absolute Gasteiger partial charge is 0.304 e. The van der Waals surface area contributed by atoms with Crippen LogP contribution < -0.4 is 5.32 Å². The SMILES string of the molecule is CC(N[C@@H](C)c1ccc(F)cc1)c1cccc(F)c1. The summed E-state index contributed by atoms with van der Waals surface area (Å²) in [6.07, 6.45) is 0. The van der Waals surface area contributed by atoms with Gasteiger partial charge in [0.1, 0.15) is 11.6 Å². The Balaban J connectivity index is 2.06. The van der Waals surface area contributed by atoms with Crippen LogP contribution in [0, 0.1) is 11.6 Å². The number of rotatable bonds is 4. The normalized spacial score (nSPS) is 14.1. The van der Waals surface area contributed by atoms with Crippen molar-refractivity contribution >= 4 is 0 Å². The van der Waals surface area contributed by atoms with Crippen LogP contribution in [0.4, 0.5) is 8.78 Å². The Hall–Kier alpha value is -1.74. The zero-order valence-electron chi connectivity index (χ0n) is 11.0. The summed E-state index contributed by atoms with van der Waals surface area (Å²) in [5.41, 5.74) is 1.90. The van der Waals surface area contributed by atoms with Gasteiger partial charge in [0.2, 0.25) is 0 Å². The Labute approximate surface area is 112 Å². The molecule has 1 N–H and O–H groups in total. The van der Waals surface area contributed by atoms with E-state index >= 15 is 0 Å². The zero-order valence-corrected chi connectivity index (χ0v) is 11.0. The van der Waals surface area contributed by atoms with Crippen molar-refractivity contribution in [1.82, 2.24) is 5.32 Å². The lowest BCUT2D eigenvalue weighted by atomic mass is 10.0. The zero-order chi connectivity index (χ0) is 13.8. The molecule has 2 rings (SSSR count). The predicted octanol–water partition coefficient (Wildman–Crippen LogP) is 4.38. The maximum absolute atomic E-state index is 13.2. The molecule has 0 bridgehead atoms. The summed E-state index contributed by atoms with van der Waals surface area (Å²) < 4.78 is 26.0. The van der Waals surface area contributed by atoms with Gasteiger partial charge in [-0.3, -0.25) is 0 Å². The van der Waals surface area contributed by atoms with Crippen LogP contribution in [0.2, 0.25) is 0 Å². The average Bonchev–Trinajstić information content (AvgIpc) is 2.39. The van der Waals surface area contributed by atoms with Gasteiger partial charge in [-0.05, 0) is 49.2 Å². The fraction of sp³-hybridized carbons (Fsp3) is 0.250. The van der Waals surface area contributed by atoms with E-state index in [1.807, 2.05) is 19.9 Å². The second-order valence-electron chi connectivity index (χ2n) is 4.72. The van der Waals surface area contributed by atoms with Gasteiger partial charge in [-0.2, -0.15) is 0 Å². The van der Waals surface area contributed by atoms with Gasteiger partial charge in [0.25, 0.3) is 0 Å². The molecule has 0 aliphatic rings. The second kappa shape index (κ2) is 5.93. The number of hydrogen-bond donors (Lipinski definition) is 1. The van der Waals surface area contributed by atoms with E-state index in [9.17, 15) is 8.78 Å².